The van der Waals surface area contributed by atoms with Crippen LogP contribution in [0.5, 0.6) is 5.75 Å². The van der Waals surface area contributed by atoms with Crippen LogP contribution in [0.2, 0.25) is 0 Å². The highest BCUT2D eigenvalue weighted by molar-refractivity contribution is 5.68. The lowest BCUT2D eigenvalue weighted by Crippen LogP contribution is -1.94. The van der Waals surface area contributed by atoms with Crippen molar-refractivity contribution in [3.63, 3.8) is 0 Å². The van der Waals surface area contributed by atoms with Crippen molar-refractivity contribution in [2.75, 3.05) is 0 Å². The van der Waals surface area contributed by atoms with E-state index in [9.17, 15) is 4.79 Å². The second-order valence-corrected chi connectivity index (χ2v) is 3.25. The van der Waals surface area contributed by atoms with Crippen molar-refractivity contribution >= 4 is 6.47 Å². The number of aryl methyl sites for hydroxylation is 1. The van der Waals surface area contributed by atoms with Gasteiger partial charge in [0.2, 0.25) is 0 Å². The number of hydrogen-bond donors (Lipinski definition) is 0. The summed E-state index contributed by atoms with van der Waals surface area (Å²) in [6.45, 7) is 2.27. The summed E-state index contributed by atoms with van der Waals surface area (Å²) in [5.41, 5.74) is 2.28. The molecule has 0 bridgehead atoms. The first kappa shape index (κ1) is 10.3. The third-order valence-electron chi connectivity index (χ3n) is 2.12. The van der Waals surface area contributed by atoms with E-state index in [4.69, 9.17) is 4.74 Å². The molecular weight excluding hydrogens is 204 g/mol. The van der Waals surface area contributed by atoms with Crippen molar-refractivity contribution in [2.45, 2.75) is 6.92 Å². The van der Waals surface area contributed by atoms with Gasteiger partial charge in [-0.1, -0.05) is 12.1 Å². The molecule has 0 fully saturated rings. The van der Waals surface area contributed by atoms with E-state index in [0.29, 0.717) is 17.9 Å². The van der Waals surface area contributed by atoms with Gasteiger partial charge in [-0.3, -0.25) is 14.8 Å². The molecule has 0 aliphatic carbocycles. The van der Waals surface area contributed by atoms with Crippen LogP contribution in [0, 0.1) is 6.92 Å². The molecule has 16 heavy (non-hydrogen) atoms. The van der Waals surface area contributed by atoms with Gasteiger partial charge in [-0.25, -0.2) is 0 Å². The van der Waals surface area contributed by atoms with E-state index in [1.807, 2.05) is 19.1 Å². The molecule has 2 aromatic rings. The number of aromatic nitrogens is 2. The zero-order chi connectivity index (χ0) is 11.4. The Morgan fingerprint density at radius 2 is 2.00 bits per heavy atom. The summed E-state index contributed by atoms with van der Waals surface area (Å²) in [5, 5.41) is 0. The highest BCUT2D eigenvalue weighted by Crippen LogP contribution is 2.27. The minimum atomic E-state index is 0.403. The molecule has 4 heteroatoms. The summed E-state index contributed by atoms with van der Waals surface area (Å²) in [6, 6.07) is 7.20. The van der Waals surface area contributed by atoms with Gasteiger partial charge in [0, 0.05) is 11.8 Å². The third kappa shape index (κ3) is 2.06. The highest BCUT2D eigenvalue weighted by Gasteiger charge is 2.06. The van der Waals surface area contributed by atoms with Gasteiger partial charge >= 0.3 is 0 Å². The van der Waals surface area contributed by atoms with Gasteiger partial charge < -0.3 is 4.74 Å². The number of nitrogens with zero attached hydrogens (tertiary/aromatic N) is 2. The summed E-state index contributed by atoms with van der Waals surface area (Å²) < 4.78 is 4.87. The highest BCUT2D eigenvalue weighted by atomic mass is 16.5. The zero-order valence-corrected chi connectivity index (χ0v) is 8.75. The van der Waals surface area contributed by atoms with Crippen molar-refractivity contribution in [1.82, 2.24) is 9.97 Å². The fourth-order valence-electron chi connectivity index (χ4n) is 1.36. The summed E-state index contributed by atoms with van der Waals surface area (Å²) in [7, 11) is 0. The van der Waals surface area contributed by atoms with E-state index in [1.165, 1.54) is 0 Å². The van der Waals surface area contributed by atoms with Crippen LogP contribution in [0.1, 0.15) is 5.69 Å². The molecule has 0 amide bonds. The third-order valence-corrected chi connectivity index (χ3v) is 2.12. The number of carbonyl (C=O) groups excluding carboxylic acids is 1. The Morgan fingerprint density at radius 1 is 1.19 bits per heavy atom. The molecule has 0 spiro atoms. The molecule has 2 rings (SSSR count). The molecule has 0 atom stereocenters. The number of rotatable bonds is 3. The molecular formula is C12H10N2O2. The number of carbonyl (C=O) groups is 1. The monoisotopic (exact) mass is 214 g/mol. The second kappa shape index (κ2) is 4.53. The zero-order valence-electron chi connectivity index (χ0n) is 8.75. The SMILES string of the molecule is Cc1cnc(-c2ccccc2OC=O)cn1. The number of benzene rings is 1. The first-order chi connectivity index (χ1) is 7.81. The first-order valence-electron chi connectivity index (χ1n) is 4.79. The molecule has 0 saturated heterocycles. The Bertz CT molecular complexity index is 495. The maximum Gasteiger partial charge on any atom is 0.298 e. The predicted molar refractivity (Wildman–Crippen MR) is 58.9 cm³/mol. The van der Waals surface area contributed by atoms with Gasteiger partial charge in [0.25, 0.3) is 6.47 Å². The van der Waals surface area contributed by atoms with Gasteiger partial charge in [0.05, 0.1) is 17.6 Å². The Balaban J connectivity index is 2.46. The predicted octanol–water partition coefficient (Wildman–Crippen LogP) is 1.99. The van der Waals surface area contributed by atoms with Crippen molar-refractivity contribution in [3.8, 4) is 17.0 Å². The van der Waals surface area contributed by atoms with E-state index in [0.717, 1.165) is 11.3 Å². The number of hydrogen-bond acceptors (Lipinski definition) is 4. The number of para-hydroxylation sites is 1. The van der Waals surface area contributed by atoms with E-state index < -0.39 is 0 Å². The quantitative estimate of drug-likeness (QED) is 0.733. The lowest BCUT2D eigenvalue weighted by atomic mass is 10.1. The van der Waals surface area contributed by atoms with Crippen molar-refractivity contribution in [1.29, 1.82) is 0 Å². The maximum atomic E-state index is 10.4. The Kier molecular flexibility index (Phi) is 2.91. The van der Waals surface area contributed by atoms with E-state index >= 15 is 0 Å². The lowest BCUT2D eigenvalue weighted by Gasteiger charge is -2.05. The Labute approximate surface area is 92.9 Å². The molecule has 1 heterocycles. The molecule has 4 nitrogen and oxygen atoms in total. The molecule has 1 aromatic heterocycles. The van der Waals surface area contributed by atoms with Gasteiger partial charge in [-0.05, 0) is 19.1 Å². The standard InChI is InChI=1S/C12H10N2O2/c1-9-6-14-11(7-13-9)10-4-2-3-5-12(10)16-8-15/h2-8H,1H3. The van der Waals surface area contributed by atoms with Gasteiger partial charge in [-0.2, -0.15) is 0 Å². The van der Waals surface area contributed by atoms with Crippen molar-refractivity contribution < 1.29 is 9.53 Å². The van der Waals surface area contributed by atoms with Crippen molar-refractivity contribution in [3.05, 3.63) is 42.4 Å². The largest absolute Gasteiger partial charge is 0.428 e. The van der Waals surface area contributed by atoms with Crippen LogP contribution >= 0.6 is 0 Å². The normalized spacial score (nSPS) is 9.81. The van der Waals surface area contributed by atoms with Gasteiger partial charge in [0.15, 0.2) is 0 Å². The van der Waals surface area contributed by atoms with Crippen LogP contribution in [0.25, 0.3) is 11.3 Å². The van der Waals surface area contributed by atoms with E-state index in [1.54, 1.807) is 24.5 Å². The molecule has 0 aliphatic rings. The summed E-state index contributed by atoms with van der Waals surface area (Å²) in [5.74, 6) is 0.482. The summed E-state index contributed by atoms with van der Waals surface area (Å²) >= 11 is 0. The molecule has 0 N–H and O–H groups in total. The van der Waals surface area contributed by atoms with Crippen LogP contribution in [0.4, 0.5) is 0 Å². The minimum absolute atomic E-state index is 0.403. The fraction of sp³-hybridized carbons (Fsp3) is 0.0833. The van der Waals surface area contributed by atoms with Crippen LogP contribution in [0.15, 0.2) is 36.7 Å². The van der Waals surface area contributed by atoms with E-state index in [-0.39, 0.29) is 0 Å². The fourth-order valence-corrected chi connectivity index (χ4v) is 1.36. The van der Waals surface area contributed by atoms with Crippen LogP contribution in [-0.2, 0) is 4.79 Å². The minimum Gasteiger partial charge on any atom is -0.428 e. The average molecular weight is 214 g/mol. The molecule has 80 valence electrons. The van der Waals surface area contributed by atoms with Crippen molar-refractivity contribution in [2.24, 2.45) is 0 Å². The molecule has 0 aliphatic heterocycles. The maximum absolute atomic E-state index is 10.4. The summed E-state index contributed by atoms with van der Waals surface area (Å²) in [4.78, 5) is 18.7. The average Bonchev–Trinajstić information content (AvgIpc) is 2.32. The molecule has 0 unspecified atom stereocenters. The topological polar surface area (TPSA) is 52.1 Å². The number of ether oxygens (including phenoxy) is 1. The van der Waals surface area contributed by atoms with Gasteiger partial charge in [-0.15, -0.1) is 0 Å². The lowest BCUT2D eigenvalue weighted by molar-refractivity contribution is -0.120. The Hall–Kier alpha value is -2.23. The molecule has 0 radical (unpaired) electrons. The summed E-state index contributed by atoms with van der Waals surface area (Å²) in [6.07, 6.45) is 3.33. The van der Waals surface area contributed by atoms with Crippen LogP contribution in [-0.4, -0.2) is 16.4 Å². The van der Waals surface area contributed by atoms with E-state index in [2.05, 4.69) is 9.97 Å². The van der Waals surface area contributed by atoms with Crippen LogP contribution < -0.4 is 4.74 Å². The second-order valence-electron chi connectivity index (χ2n) is 3.25. The molecule has 0 saturated carbocycles. The first-order valence-corrected chi connectivity index (χ1v) is 4.79. The smallest absolute Gasteiger partial charge is 0.298 e. The Morgan fingerprint density at radius 3 is 2.69 bits per heavy atom. The van der Waals surface area contributed by atoms with Gasteiger partial charge in [0.1, 0.15) is 5.75 Å². The molecule has 1 aromatic carbocycles. The van der Waals surface area contributed by atoms with Crippen LogP contribution in [0.3, 0.4) is 0 Å².